The van der Waals surface area contributed by atoms with Crippen LogP contribution in [0.4, 0.5) is 0 Å². The number of carbonyl (C=O) groups is 1. The van der Waals surface area contributed by atoms with Crippen molar-refractivity contribution in [3.63, 3.8) is 0 Å². The van der Waals surface area contributed by atoms with Gasteiger partial charge in [-0.05, 0) is 24.5 Å². The summed E-state index contributed by atoms with van der Waals surface area (Å²) in [5, 5.41) is 0. The number of amides is 1. The molecule has 0 radical (unpaired) electrons. The monoisotopic (exact) mass is 311 g/mol. The standard InChI is InChI=1S/C14H18BrNO2/c1-16(10-12-6-4-8-18-12)14(17)9-11-5-2-3-7-13(11)15/h2-3,5,7,12H,4,6,8-10H2,1H3/t12-/m0/s1. The van der Waals surface area contributed by atoms with E-state index in [1.54, 1.807) is 4.90 Å². The third-order valence-corrected chi connectivity index (χ3v) is 4.00. The van der Waals surface area contributed by atoms with Crippen LogP contribution in [-0.4, -0.2) is 37.1 Å². The van der Waals surface area contributed by atoms with E-state index in [2.05, 4.69) is 15.9 Å². The fraction of sp³-hybridized carbons (Fsp3) is 0.500. The molecule has 2 rings (SSSR count). The molecular weight excluding hydrogens is 294 g/mol. The Kier molecular flexibility index (Phi) is 4.78. The van der Waals surface area contributed by atoms with Crippen molar-refractivity contribution in [3.8, 4) is 0 Å². The number of hydrogen-bond acceptors (Lipinski definition) is 2. The minimum Gasteiger partial charge on any atom is -0.376 e. The van der Waals surface area contributed by atoms with Crippen LogP contribution in [-0.2, 0) is 16.0 Å². The Morgan fingerprint density at radius 3 is 2.94 bits per heavy atom. The summed E-state index contributed by atoms with van der Waals surface area (Å²) in [6.45, 7) is 1.53. The van der Waals surface area contributed by atoms with Crippen LogP contribution in [0.5, 0.6) is 0 Å². The molecule has 1 aromatic rings. The number of halogens is 1. The molecule has 0 aromatic heterocycles. The molecule has 3 nitrogen and oxygen atoms in total. The first-order valence-corrected chi connectivity index (χ1v) is 7.05. The lowest BCUT2D eigenvalue weighted by atomic mass is 10.1. The Balaban J connectivity index is 1.89. The Morgan fingerprint density at radius 1 is 1.50 bits per heavy atom. The molecule has 1 fully saturated rings. The molecule has 18 heavy (non-hydrogen) atoms. The molecule has 0 N–H and O–H groups in total. The Bertz CT molecular complexity index is 416. The van der Waals surface area contributed by atoms with Crippen LogP contribution in [0.15, 0.2) is 28.7 Å². The fourth-order valence-corrected chi connectivity index (χ4v) is 2.56. The van der Waals surface area contributed by atoms with Crippen molar-refractivity contribution in [2.75, 3.05) is 20.2 Å². The quantitative estimate of drug-likeness (QED) is 0.855. The first-order chi connectivity index (χ1) is 8.66. The van der Waals surface area contributed by atoms with Crippen molar-refractivity contribution in [2.24, 2.45) is 0 Å². The molecule has 1 heterocycles. The van der Waals surface area contributed by atoms with Gasteiger partial charge in [0.1, 0.15) is 0 Å². The van der Waals surface area contributed by atoms with Gasteiger partial charge in [0.25, 0.3) is 0 Å². The summed E-state index contributed by atoms with van der Waals surface area (Å²) in [6, 6.07) is 7.84. The zero-order valence-corrected chi connectivity index (χ0v) is 12.1. The van der Waals surface area contributed by atoms with Crippen molar-refractivity contribution in [1.29, 1.82) is 0 Å². The van der Waals surface area contributed by atoms with Crippen LogP contribution in [0.25, 0.3) is 0 Å². The minimum absolute atomic E-state index is 0.136. The number of likely N-dealkylation sites (N-methyl/N-ethyl adjacent to an activating group) is 1. The third kappa shape index (κ3) is 3.56. The second-order valence-electron chi connectivity index (χ2n) is 4.68. The molecular formula is C14H18BrNO2. The Morgan fingerprint density at radius 2 is 2.28 bits per heavy atom. The van der Waals surface area contributed by atoms with Gasteiger partial charge in [-0.3, -0.25) is 4.79 Å². The minimum atomic E-state index is 0.136. The molecule has 0 aliphatic carbocycles. The van der Waals surface area contributed by atoms with Gasteiger partial charge >= 0.3 is 0 Å². The first-order valence-electron chi connectivity index (χ1n) is 6.26. The highest BCUT2D eigenvalue weighted by Crippen LogP contribution is 2.18. The topological polar surface area (TPSA) is 29.5 Å². The van der Waals surface area contributed by atoms with Gasteiger partial charge in [0, 0.05) is 24.7 Å². The molecule has 1 atom stereocenters. The van der Waals surface area contributed by atoms with Crippen LogP contribution >= 0.6 is 15.9 Å². The maximum atomic E-state index is 12.1. The molecule has 0 spiro atoms. The average Bonchev–Trinajstić information content (AvgIpc) is 2.84. The van der Waals surface area contributed by atoms with Gasteiger partial charge in [-0.15, -0.1) is 0 Å². The smallest absolute Gasteiger partial charge is 0.226 e. The maximum absolute atomic E-state index is 12.1. The highest BCUT2D eigenvalue weighted by molar-refractivity contribution is 9.10. The highest BCUT2D eigenvalue weighted by Gasteiger charge is 2.20. The van der Waals surface area contributed by atoms with E-state index in [0.717, 1.165) is 29.5 Å². The number of nitrogens with zero attached hydrogens (tertiary/aromatic N) is 1. The fourth-order valence-electron chi connectivity index (χ4n) is 2.14. The third-order valence-electron chi connectivity index (χ3n) is 3.23. The van der Waals surface area contributed by atoms with E-state index in [1.165, 1.54) is 0 Å². The lowest BCUT2D eigenvalue weighted by Gasteiger charge is -2.21. The molecule has 98 valence electrons. The van der Waals surface area contributed by atoms with Crippen LogP contribution in [0, 0.1) is 0 Å². The lowest BCUT2D eigenvalue weighted by molar-refractivity contribution is -0.130. The summed E-state index contributed by atoms with van der Waals surface area (Å²) < 4.78 is 6.53. The van der Waals surface area contributed by atoms with E-state index in [9.17, 15) is 4.79 Å². The van der Waals surface area contributed by atoms with Gasteiger partial charge in [-0.1, -0.05) is 34.1 Å². The SMILES string of the molecule is CN(C[C@@H]1CCCO1)C(=O)Cc1ccccc1Br. The van der Waals surface area contributed by atoms with Gasteiger partial charge < -0.3 is 9.64 Å². The summed E-state index contributed by atoms with van der Waals surface area (Å²) in [5.41, 5.74) is 1.03. The van der Waals surface area contributed by atoms with Gasteiger partial charge in [-0.2, -0.15) is 0 Å². The summed E-state index contributed by atoms with van der Waals surface area (Å²) in [4.78, 5) is 13.9. The average molecular weight is 312 g/mol. The number of hydrogen-bond donors (Lipinski definition) is 0. The zero-order chi connectivity index (χ0) is 13.0. The molecule has 1 aliphatic heterocycles. The Labute approximate surface area is 116 Å². The van der Waals surface area contributed by atoms with E-state index in [1.807, 2.05) is 31.3 Å². The summed E-state index contributed by atoms with van der Waals surface area (Å²) >= 11 is 3.47. The second kappa shape index (κ2) is 6.34. The summed E-state index contributed by atoms with van der Waals surface area (Å²) in [7, 11) is 1.85. The van der Waals surface area contributed by atoms with Crippen LogP contribution < -0.4 is 0 Å². The largest absolute Gasteiger partial charge is 0.376 e. The van der Waals surface area contributed by atoms with Crippen LogP contribution in [0.1, 0.15) is 18.4 Å². The van der Waals surface area contributed by atoms with Gasteiger partial charge in [-0.25, -0.2) is 0 Å². The number of carbonyl (C=O) groups excluding carboxylic acids is 1. The van der Waals surface area contributed by atoms with Crippen LogP contribution in [0.2, 0.25) is 0 Å². The molecule has 4 heteroatoms. The molecule has 1 aromatic carbocycles. The molecule has 1 aliphatic rings. The summed E-state index contributed by atoms with van der Waals surface area (Å²) in [6.07, 6.45) is 2.83. The molecule has 1 amide bonds. The van der Waals surface area contributed by atoms with E-state index in [0.29, 0.717) is 13.0 Å². The van der Waals surface area contributed by atoms with E-state index < -0.39 is 0 Å². The lowest BCUT2D eigenvalue weighted by Crippen LogP contribution is -2.35. The predicted octanol–water partition coefficient (Wildman–Crippen LogP) is 2.63. The number of rotatable bonds is 4. The highest BCUT2D eigenvalue weighted by atomic mass is 79.9. The van der Waals surface area contributed by atoms with Crippen molar-refractivity contribution < 1.29 is 9.53 Å². The van der Waals surface area contributed by atoms with E-state index in [-0.39, 0.29) is 12.0 Å². The van der Waals surface area contributed by atoms with Gasteiger partial charge in [0.2, 0.25) is 5.91 Å². The molecule has 0 unspecified atom stereocenters. The number of benzene rings is 1. The second-order valence-corrected chi connectivity index (χ2v) is 5.53. The van der Waals surface area contributed by atoms with Gasteiger partial charge in [0.05, 0.1) is 12.5 Å². The van der Waals surface area contributed by atoms with Crippen LogP contribution in [0.3, 0.4) is 0 Å². The molecule has 1 saturated heterocycles. The van der Waals surface area contributed by atoms with Gasteiger partial charge in [0.15, 0.2) is 0 Å². The maximum Gasteiger partial charge on any atom is 0.226 e. The van der Waals surface area contributed by atoms with Crippen molar-refractivity contribution in [3.05, 3.63) is 34.3 Å². The zero-order valence-electron chi connectivity index (χ0n) is 10.6. The molecule has 0 bridgehead atoms. The first kappa shape index (κ1) is 13.6. The van der Waals surface area contributed by atoms with E-state index >= 15 is 0 Å². The predicted molar refractivity (Wildman–Crippen MR) is 74.5 cm³/mol. The normalized spacial score (nSPS) is 18.9. The van der Waals surface area contributed by atoms with Crippen molar-refractivity contribution in [1.82, 2.24) is 4.90 Å². The van der Waals surface area contributed by atoms with Crippen molar-refractivity contribution in [2.45, 2.75) is 25.4 Å². The Hall–Kier alpha value is -0.870. The van der Waals surface area contributed by atoms with E-state index in [4.69, 9.17) is 4.74 Å². The summed E-state index contributed by atoms with van der Waals surface area (Å²) in [5.74, 6) is 0.136. The van der Waals surface area contributed by atoms with Crippen molar-refractivity contribution >= 4 is 21.8 Å². The number of ether oxygens (including phenoxy) is 1. The molecule has 0 saturated carbocycles.